The van der Waals surface area contributed by atoms with E-state index in [-0.39, 0.29) is 23.8 Å². The Hall–Kier alpha value is -1.88. The van der Waals surface area contributed by atoms with Gasteiger partial charge in [0.1, 0.15) is 5.75 Å². The van der Waals surface area contributed by atoms with Gasteiger partial charge in [-0.3, -0.25) is 14.5 Å². The quantitative estimate of drug-likeness (QED) is 0.832. The third-order valence-electron chi connectivity index (χ3n) is 4.06. The third kappa shape index (κ3) is 2.29. The van der Waals surface area contributed by atoms with Crippen molar-refractivity contribution in [3.8, 4) is 5.75 Å². The average Bonchev–Trinajstić information content (AvgIpc) is 2.87. The summed E-state index contributed by atoms with van der Waals surface area (Å²) in [7, 11) is 1.55. The van der Waals surface area contributed by atoms with Gasteiger partial charge in [-0.15, -0.1) is 0 Å². The summed E-state index contributed by atoms with van der Waals surface area (Å²) < 4.78 is 5.63. The third-order valence-corrected chi connectivity index (χ3v) is 4.06. The maximum Gasteiger partial charge on any atom is 0.246 e. The van der Waals surface area contributed by atoms with Gasteiger partial charge in [-0.1, -0.05) is 18.2 Å². The Kier molecular flexibility index (Phi) is 3.44. The van der Waals surface area contributed by atoms with Crippen molar-refractivity contribution in [2.24, 2.45) is 0 Å². The molecule has 5 nitrogen and oxygen atoms in total. The van der Waals surface area contributed by atoms with Gasteiger partial charge in [-0.2, -0.15) is 0 Å². The number of benzene rings is 1. The molecule has 1 aromatic rings. The molecule has 2 amide bonds. The zero-order valence-corrected chi connectivity index (χ0v) is 11.5. The molecule has 1 N–H and O–H groups in total. The topological polar surface area (TPSA) is 58.6 Å². The number of ether oxygens (including phenoxy) is 1. The van der Waals surface area contributed by atoms with E-state index in [0.29, 0.717) is 26.0 Å². The smallest absolute Gasteiger partial charge is 0.246 e. The fourth-order valence-corrected chi connectivity index (χ4v) is 2.79. The summed E-state index contributed by atoms with van der Waals surface area (Å²) in [5, 5.41) is 3.28. The molecule has 1 aromatic carbocycles. The minimum Gasteiger partial charge on any atom is -0.493 e. The van der Waals surface area contributed by atoms with Crippen molar-refractivity contribution in [2.45, 2.75) is 24.8 Å². The number of hydrogen-bond donors (Lipinski definition) is 1. The molecule has 1 saturated heterocycles. The highest BCUT2D eigenvalue weighted by Crippen LogP contribution is 2.33. The first-order valence-electron chi connectivity index (χ1n) is 6.92. The number of hydrogen-bond acceptors (Lipinski definition) is 4. The molecular weight excluding hydrogens is 256 g/mol. The Morgan fingerprint density at radius 3 is 3.00 bits per heavy atom. The van der Waals surface area contributed by atoms with Crippen LogP contribution in [0.2, 0.25) is 0 Å². The lowest BCUT2D eigenvalue weighted by Gasteiger charge is -2.29. The molecule has 0 radical (unpaired) electrons. The molecule has 0 saturated carbocycles. The molecule has 0 bridgehead atoms. The predicted octanol–water partition coefficient (Wildman–Crippen LogP) is 0.900. The van der Waals surface area contributed by atoms with Crippen molar-refractivity contribution in [1.82, 2.24) is 10.2 Å². The Bertz CT molecular complexity index is 544. The van der Waals surface area contributed by atoms with Crippen LogP contribution in [0.3, 0.4) is 0 Å². The van der Waals surface area contributed by atoms with Gasteiger partial charge in [0.25, 0.3) is 0 Å². The first-order chi connectivity index (χ1) is 9.66. The maximum atomic E-state index is 12.0. The van der Waals surface area contributed by atoms with Gasteiger partial charge in [-0.05, 0) is 12.5 Å². The zero-order chi connectivity index (χ0) is 14.1. The summed E-state index contributed by atoms with van der Waals surface area (Å²) in [6.07, 6.45) is 1.01. The fourth-order valence-electron chi connectivity index (χ4n) is 2.79. The van der Waals surface area contributed by atoms with E-state index >= 15 is 0 Å². The number of imide groups is 1. The van der Waals surface area contributed by atoms with Gasteiger partial charge in [0.2, 0.25) is 11.8 Å². The van der Waals surface area contributed by atoms with Gasteiger partial charge in [-0.25, -0.2) is 0 Å². The van der Waals surface area contributed by atoms with E-state index in [2.05, 4.69) is 11.4 Å². The molecule has 0 aromatic heterocycles. The number of likely N-dealkylation sites (tertiary alicyclic amines) is 1. The summed E-state index contributed by atoms with van der Waals surface area (Å²) in [5.74, 6) is 0.972. The second-order valence-electron chi connectivity index (χ2n) is 5.34. The Morgan fingerprint density at radius 1 is 1.35 bits per heavy atom. The van der Waals surface area contributed by atoms with Crippen LogP contribution in [0.25, 0.3) is 0 Å². The van der Waals surface area contributed by atoms with Gasteiger partial charge >= 0.3 is 0 Å². The number of amides is 2. The largest absolute Gasteiger partial charge is 0.493 e. The molecule has 106 valence electrons. The van der Waals surface area contributed by atoms with Crippen molar-refractivity contribution < 1.29 is 14.3 Å². The molecule has 2 unspecified atom stereocenters. The number of rotatable bonds is 3. The number of likely N-dealkylation sites (N-methyl/N-ethyl adjacent to an activating group) is 1. The van der Waals surface area contributed by atoms with E-state index in [1.165, 1.54) is 10.5 Å². The number of nitrogens with zero attached hydrogens (tertiary/aromatic N) is 1. The molecule has 0 spiro atoms. The minimum atomic E-state index is -0.259. The molecule has 2 aliphatic heterocycles. The first-order valence-corrected chi connectivity index (χ1v) is 6.92. The molecule has 5 heteroatoms. The summed E-state index contributed by atoms with van der Waals surface area (Å²) in [6.45, 7) is 1.33. The standard InChI is InChI=1S/C15H18N2O3/c1-17-14(18)7-6-12(15(17)19)16-8-10-9-20-13-5-3-2-4-11(10)13/h2-5,10,12,16H,6-9H2,1H3. The predicted molar refractivity (Wildman–Crippen MR) is 73.5 cm³/mol. The molecular formula is C15H18N2O3. The van der Waals surface area contributed by atoms with Crippen LogP contribution in [-0.2, 0) is 9.59 Å². The molecule has 0 aliphatic carbocycles. The lowest BCUT2D eigenvalue weighted by Crippen LogP contribution is -2.52. The highest BCUT2D eigenvalue weighted by Gasteiger charge is 2.32. The molecule has 2 aliphatic rings. The summed E-state index contributed by atoms with van der Waals surface area (Å²) in [5.41, 5.74) is 1.19. The second-order valence-corrected chi connectivity index (χ2v) is 5.34. The first kappa shape index (κ1) is 13.1. The Labute approximate surface area is 117 Å². The van der Waals surface area contributed by atoms with Crippen LogP contribution in [0, 0.1) is 0 Å². The molecule has 1 fully saturated rings. The van der Waals surface area contributed by atoms with Crippen LogP contribution in [0.5, 0.6) is 5.75 Å². The van der Waals surface area contributed by atoms with Gasteiger partial charge < -0.3 is 10.1 Å². The summed E-state index contributed by atoms with van der Waals surface area (Å²) >= 11 is 0. The van der Waals surface area contributed by atoms with E-state index in [4.69, 9.17) is 4.74 Å². The SMILES string of the molecule is CN1C(=O)CCC(NCC2COc3ccccc32)C1=O. The van der Waals surface area contributed by atoms with E-state index < -0.39 is 0 Å². The molecule has 2 atom stereocenters. The lowest BCUT2D eigenvalue weighted by atomic mass is 9.99. The van der Waals surface area contributed by atoms with Gasteiger partial charge in [0.15, 0.2) is 0 Å². The number of carbonyl (C=O) groups excluding carboxylic acids is 2. The lowest BCUT2D eigenvalue weighted by molar-refractivity contribution is -0.148. The fraction of sp³-hybridized carbons (Fsp3) is 0.467. The average molecular weight is 274 g/mol. The number of carbonyl (C=O) groups is 2. The van der Waals surface area contributed by atoms with E-state index in [9.17, 15) is 9.59 Å². The van der Waals surface area contributed by atoms with Crippen LogP contribution >= 0.6 is 0 Å². The van der Waals surface area contributed by atoms with Crippen molar-refractivity contribution >= 4 is 11.8 Å². The normalized spacial score (nSPS) is 25.6. The van der Waals surface area contributed by atoms with Crippen LogP contribution in [0.15, 0.2) is 24.3 Å². The highest BCUT2D eigenvalue weighted by molar-refractivity contribution is 6.00. The Balaban J connectivity index is 1.61. The Morgan fingerprint density at radius 2 is 2.15 bits per heavy atom. The van der Waals surface area contributed by atoms with Crippen molar-refractivity contribution in [3.05, 3.63) is 29.8 Å². The van der Waals surface area contributed by atoms with E-state index in [1.54, 1.807) is 7.05 Å². The van der Waals surface area contributed by atoms with Crippen molar-refractivity contribution in [3.63, 3.8) is 0 Å². The molecule has 2 heterocycles. The number of fused-ring (bicyclic) bond motifs is 1. The van der Waals surface area contributed by atoms with E-state index in [0.717, 1.165) is 5.75 Å². The number of nitrogens with one attached hydrogen (secondary N) is 1. The van der Waals surface area contributed by atoms with E-state index in [1.807, 2.05) is 18.2 Å². The van der Waals surface area contributed by atoms with Crippen molar-refractivity contribution in [1.29, 1.82) is 0 Å². The maximum absolute atomic E-state index is 12.0. The van der Waals surface area contributed by atoms with Gasteiger partial charge in [0.05, 0.1) is 12.6 Å². The zero-order valence-electron chi connectivity index (χ0n) is 11.5. The minimum absolute atomic E-state index is 0.0948. The van der Waals surface area contributed by atoms with Gasteiger partial charge in [0, 0.05) is 31.5 Å². The monoisotopic (exact) mass is 274 g/mol. The number of piperidine rings is 1. The highest BCUT2D eigenvalue weighted by atomic mass is 16.5. The van der Waals surface area contributed by atoms with Crippen LogP contribution in [0.4, 0.5) is 0 Å². The summed E-state index contributed by atoms with van der Waals surface area (Å²) in [4.78, 5) is 24.7. The molecule has 20 heavy (non-hydrogen) atoms. The van der Waals surface area contributed by atoms with Crippen molar-refractivity contribution in [2.75, 3.05) is 20.2 Å². The van der Waals surface area contributed by atoms with Crippen LogP contribution in [0.1, 0.15) is 24.3 Å². The molecule has 3 rings (SSSR count). The van der Waals surface area contributed by atoms with Crippen LogP contribution < -0.4 is 10.1 Å². The van der Waals surface area contributed by atoms with Crippen LogP contribution in [-0.4, -0.2) is 43.0 Å². The summed E-state index contributed by atoms with van der Waals surface area (Å²) in [6, 6.07) is 7.73. The number of para-hydroxylation sites is 1. The second kappa shape index (κ2) is 5.25.